The molecule has 1 aromatic carbocycles. The molecule has 1 aromatic heterocycles. The zero-order valence-corrected chi connectivity index (χ0v) is 11.4. The first-order chi connectivity index (χ1) is 9.02. The molecule has 2 aromatic rings. The number of hydrogen-bond acceptors (Lipinski definition) is 3. The Kier molecular flexibility index (Phi) is 3.81. The predicted octanol–water partition coefficient (Wildman–Crippen LogP) is 2.31. The van der Waals surface area contributed by atoms with E-state index in [0.29, 0.717) is 5.56 Å². The molecule has 0 aliphatic carbocycles. The molecule has 1 heterocycles. The summed E-state index contributed by atoms with van der Waals surface area (Å²) in [4.78, 5) is 16.0. The van der Waals surface area contributed by atoms with Gasteiger partial charge < -0.3 is 10.4 Å². The van der Waals surface area contributed by atoms with Gasteiger partial charge in [0.2, 0.25) is 0 Å². The summed E-state index contributed by atoms with van der Waals surface area (Å²) in [5, 5.41) is 13.2. The fourth-order valence-electron chi connectivity index (χ4n) is 2.36. The Hall–Kier alpha value is -1.94. The molecule has 4 heteroatoms. The van der Waals surface area contributed by atoms with E-state index in [2.05, 4.69) is 10.3 Å². The summed E-state index contributed by atoms with van der Waals surface area (Å²) in [7, 11) is 1.87. The van der Waals surface area contributed by atoms with Crippen molar-refractivity contribution >= 4 is 16.9 Å². The van der Waals surface area contributed by atoms with Crippen molar-refractivity contribution in [3.63, 3.8) is 0 Å². The van der Waals surface area contributed by atoms with Gasteiger partial charge in [-0.2, -0.15) is 0 Å². The summed E-state index contributed by atoms with van der Waals surface area (Å²) in [6, 6.07) is 5.62. The second kappa shape index (κ2) is 5.36. The van der Waals surface area contributed by atoms with Crippen LogP contribution in [0.25, 0.3) is 10.9 Å². The number of nitrogens with zero attached hydrogens (tertiary/aromatic N) is 1. The molecule has 0 aliphatic rings. The molecule has 0 unspecified atom stereocenters. The number of aromatic nitrogens is 1. The maximum Gasteiger partial charge on any atom is 0.336 e. The largest absolute Gasteiger partial charge is 0.478 e. The van der Waals surface area contributed by atoms with Gasteiger partial charge in [-0.1, -0.05) is 6.07 Å². The maximum absolute atomic E-state index is 11.4. The lowest BCUT2D eigenvalue weighted by Crippen LogP contribution is -2.12. The summed E-state index contributed by atoms with van der Waals surface area (Å²) >= 11 is 0. The van der Waals surface area contributed by atoms with Gasteiger partial charge in [0.05, 0.1) is 11.1 Å². The fraction of sp³-hybridized carbons (Fsp3) is 0.333. The van der Waals surface area contributed by atoms with Crippen LogP contribution in [0.4, 0.5) is 0 Å². The second-order valence-corrected chi connectivity index (χ2v) is 4.80. The third-order valence-electron chi connectivity index (χ3n) is 3.16. The van der Waals surface area contributed by atoms with Crippen LogP contribution in [0.5, 0.6) is 0 Å². The number of nitrogens with one attached hydrogen (secondary N) is 1. The molecule has 0 spiro atoms. The average molecular weight is 258 g/mol. The monoisotopic (exact) mass is 258 g/mol. The highest BCUT2D eigenvalue weighted by molar-refractivity contribution is 6.04. The zero-order valence-electron chi connectivity index (χ0n) is 11.4. The number of fused-ring (bicyclic) bond motifs is 1. The number of pyridine rings is 1. The predicted molar refractivity (Wildman–Crippen MR) is 75.8 cm³/mol. The van der Waals surface area contributed by atoms with Gasteiger partial charge in [0.1, 0.15) is 0 Å². The van der Waals surface area contributed by atoms with E-state index in [0.717, 1.165) is 40.7 Å². The van der Waals surface area contributed by atoms with E-state index >= 15 is 0 Å². The number of aromatic carboxylic acids is 1. The van der Waals surface area contributed by atoms with Crippen LogP contribution in [0, 0.1) is 13.8 Å². The van der Waals surface area contributed by atoms with Crippen LogP contribution >= 0.6 is 0 Å². The number of benzene rings is 1. The smallest absolute Gasteiger partial charge is 0.336 e. The van der Waals surface area contributed by atoms with Gasteiger partial charge in [-0.15, -0.1) is 0 Å². The molecule has 2 N–H and O–H groups in total. The number of carboxylic acid groups (broad SMARTS) is 1. The molecule has 0 amide bonds. The number of likely N-dealkylation sites (N-methyl/N-ethyl adjacent to an activating group) is 1. The first kappa shape index (κ1) is 13.5. The van der Waals surface area contributed by atoms with Gasteiger partial charge in [0, 0.05) is 24.0 Å². The van der Waals surface area contributed by atoms with Crippen LogP contribution in [-0.4, -0.2) is 29.7 Å². The summed E-state index contributed by atoms with van der Waals surface area (Å²) in [6.45, 7) is 4.70. The first-order valence-corrected chi connectivity index (χ1v) is 6.31. The Labute approximate surface area is 112 Å². The first-order valence-electron chi connectivity index (χ1n) is 6.31. The van der Waals surface area contributed by atoms with Gasteiger partial charge in [0.25, 0.3) is 0 Å². The molecule has 0 saturated heterocycles. The van der Waals surface area contributed by atoms with Crippen LogP contribution in [0.15, 0.2) is 18.2 Å². The van der Waals surface area contributed by atoms with Crippen molar-refractivity contribution in [1.29, 1.82) is 0 Å². The minimum absolute atomic E-state index is 0.341. The third kappa shape index (κ3) is 2.74. The fourth-order valence-corrected chi connectivity index (χ4v) is 2.36. The van der Waals surface area contributed by atoms with E-state index in [-0.39, 0.29) is 0 Å². The van der Waals surface area contributed by atoms with Crippen LogP contribution in [0.3, 0.4) is 0 Å². The summed E-state index contributed by atoms with van der Waals surface area (Å²) in [5.74, 6) is -0.898. The lowest BCUT2D eigenvalue weighted by atomic mass is 10.00. The molecule has 100 valence electrons. The number of rotatable bonds is 4. The molecule has 19 heavy (non-hydrogen) atoms. The highest BCUT2D eigenvalue weighted by Gasteiger charge is 2.14. The van der Waals surface area contributed by atoms with Crippen LogP contribution in [-0.2, 0) is 6.42 Å². The standard InChI is InChI=1S/C15H18N2O2/c1-9-6-10(2)14-12(15(18)19)8-11(4-5-16-3)17-13(14)7-9/h6-8,16H,4-5H2,1-3H3,(H,18,19). The molecular weight excluding hydrogens is 240 g/mol. The lowest BCUT2D eigenvalue weighted by molar-refractivity contribution is 0.0698. The van der Waals surface area contributed by atoms with Crippen molar-refractivity contribution in [3.05, 3.63) is 40.6 Å². The Morgan fingerprint density at radius 1 is 1.32 bits per heavy atom. The zero-order chi connectivity index (χ0) is 14.0. The van der Waals surface area contributed by atoms with E-state index in [4.69, 9.17) is 0 Å². The number of aryl methyl sites for hydroxylation is 2. The van der Waals surface area contributed by atoms with Crippen molar-refractivity contribution in [2.75, 3.05) is 13.6 Å². The topological polar surface area (TPSA) is 62.2 Å². The van der Waals surface area contributed by atoms with Crippen molar-refractivity contribution in [2.45, 2.75) is 20.3 Å². The van der Waals surface area contributed by atoms with Gasteiger partial charge in [-0.3, -0.25) is 4.98 Å². The van der Waals surface area contributed by atoms with Crippen molar-refractivity contribution in [2.24, 2.45) is 0 Å². The molecule has 0 saturated carbocycles. The van der Waals surface area contributed by atoms with E-state index in [1.165, 1.54) is 0 Å². The summed E-state index contributed by atoms with van der Waals surface area (Å²) in [6.07, 6.45) is 0.722. The molecule has 4 nitrogen and oxygen atoms in total. The SMILES string of the molecule is CNCCc1cc(C(=O)O)c2c(C)cc(C)cc2n1. The van der Waals surface area contributed by atoms with E-state index in [1.807, 2.05) is 33.0 Å². The molecule has 0 fully saturated rings. The lowest BCUT2D eigenvalue weighted by Gasteiger charge is -2.10. The Balaban J connectivity index is 2.68. The third-order valence-corrected chi connectivity index (χ3v) is 3.16. The quantitative estimate of drug-likeness (QED) is 0.883. The maximum atomic E-state index is 11.4. The van der Waals surface area contributed by atoms with Crippen LogP contribution in [0.2, 0.25) is 0 Å². The molecular formula is C15H18N2O2. The van der Waals surface area contributed by atoms with Crippen LogP contribution < -0.4 is 5.32 Å². The molecule has 0 aliphatic heterocycles. The highest BCUT2D eigenvalue weighted by atomic mass is 16.4. The Morgan fingerprint density at radius 2 is 2.05 bits per heavy atom. The van der Waals surface area contributed by atoms with Gasteiger partial charge in [-0.05, 0) is 44.2 Å². The minimum atomic E-state index is -0.898. The van der Waals surface area contributed by atoms with Gasteiger partial charge >= 0.3 is 5.97 Å². The molecule has 0 radical (unpaired) electrons. The molecule has 0 bridgehead atoms. The molecule has 0 atom stereocenters. The number of carbonyl (C=O) groups is 1. The van der Waals surface area contributed by atoms with Crippen molar-refractivity contribution < 1.29 is 9.90 Å². The highest BCUT2D eigenvalue weighted by Crippen LogP contribution is 2.24. The van der Waals surface area contributed by atoms with Crippen LogP contribution in [0.1, 0.15) is 27.2 Å². The van der Waals surface area contributed by atoms with Gasteiger partial charge in [0.15, 0.2) is 0 Å². The van der Waals surface area contributed by atoms with Crippen molar-refractivity contribution in [3.8, 4) is 0 Å². The second-order valence-electron chi connectivity index (χ2n) is 4.80. The summed E-state index contributed by atoms with van der Waals surface area (Å²) in [5.41, 5.74) is 3.97. The van der Waals surface area contributed by atoms with E-state index in [1.54, 1.807) is 6.07 Å². The number of carboxylic acids is 1. The van der Waals surface area contributed by atoms with Crippen molar-refractivity contribution in [1.82, 2.24) is 10.3 Å². The molecule has 2 rings (SSSR count). The minimum Gasteiger partial charge on any atom is -0.478 e. The Morgan fingerprint density at radius 3 is 2.68 bits per heavy atom. The Bertz CT molecular complexity index is 636. The average Bonchev–Trinajstić information content (AvgIpc) is 2.34. The number of hydrogen-bond donors (Lipinski definition) is 2. The van der Waals surface area contributed by atoms with E-state index in [9.17, 15) is 9.90 Å². The van der Waals surface area contributed by atoms with Gasteiger partial charge in [-0.25, -0.2) is 4.79 Å². The summed E-state index contributed by atoms with van der Waals surface area (Å²) < 4.78 is 0. The van der Waals surface area contributed by atoms with E-state index < -0.39 is 5.97 Å². The normalized spacial score (nSPS) is 10.9.